The summed E-state index contributed by atoms with van der Waals surface area (Å²) in [5.41, 5.74) is -0.784. The molecule has 0 spiro atoms. The van der Waals surface area contributed by atoms with Crippen molar-refractivity contribution in [1.29, 1.82) is 0 Å². The van der Waals surface area contributed by atoms with Crippen molar-refractivity contribution in [2.24, 2.45) is 0 Å². The van der Waals surface area contributed by atoms with E-state index >= 15 is 0 Å². The van der Waals surface area contributed by atoms with Crippen LogP contribution in [0.2, 0.25) is 5.02 Å². The zero-order valence-corrected chi connectivity index (χ0v) is 21.7. The Hall–Kier alpha value is -3.05. The minimum absolute atomic E-state index is 0. The van der Waals surface area contributed by atoms with Crippen LogP contribution < -0.4 is 15.1 Å². The highest BCUT2D eigenvalue weighted by Gasteiger charge is 2.39. The maximum absolute atomic E-state index is 13.3. The minimum atomic E-state index is -4.81. The molecule has 0 atom stereocenters. The normalized spacial score (nSPS) is 17.0. The largest absolute Gasteiger partial charge is 0.423 e. The number of amides is 1. The molecule has 0 saturated carbocycles. The summed E-state index contributed by atoms with van der Waals surface area (Å²) in [4.78, 5) is 28.9. The average molecular weight is 570 g/mol. The number of piperazine rings is 1. The number of nitro benzene ring substituents is 1. The van der Waals surface area contributed by atoms with Crippen molar-refractivity contribution in [1.82, 2.24) is 10.2 Å². The molecular weight excluding hydrogens is 535 g/mol. The van der Waals surface area contributed by atoms with Crippen LogP contribution in [0, 0.1) is 10.1 Å². The van der Waals surface area contributed by atoms with Crippen molar-refractivity contribution < 1.29 is 22.9 Å². The van der Waals surface area contributed by atoms with E-state index in [0.29, 0.717) is 38.0 Å². The molecule has 12 heteroatoms. The van der Waals surface area contributed by atoms with Gasteiger partial charge in [-0.1, -0.05) is 25.1 Å². The van der Waals surface area contributed by atoms with Crippen molar-refractivity contribution >= 4 is 34.6 Å². The lowest BCUT2D eigenvalue weighted by Gasteiger charge is -2.36. The monoisotopic (exact) mass is 569 g/mol. The van der Waals surface area contributed by atoms with Crippen LogP contribution >= 0.6 is 11.6 Å². The highest BCUT2D eigenvalue weighted by atomic mass is 35.5. The zero-order chi connectivity index (χ0) is 27.3. The first-order valence-electron chi connectivity index (χ1n) is 12.7. The predicted molar refractivity (Wildman–Crippen MR) is 148 cm³/mol. The van der Waals surface area contributed by atoms with Crippen molar-refractivity contribution in [3.63, 3.8) is 0 Å². The van der Waals surface area contributed by atoms with E-state index in [-0.39, 0.29) is 19.4 Å². The van der Waals surface area contributed by atoms with Crippen molar-refractivity contribution in [3.8, 4) is 0 Å². The Balaban J connectivity index is 0.00000420. The lowest BCUT2D eigenvalue weighted by molar-refractivity contribution is -0.388. The summed E-state index contributed by atoms with van der Waals surface area (Å²) in [7, 11) is 0. The molecule has 1 N–H and O–H groups in total. The maximum Gasteiger partial charge on any atom is 0.423 e. The van der Waals surface area contributed by atoms with E-state index in [2.05, 4.69) is 21.2 Å². The molecule has 2 aromatic carbocycles. The number of carbonyl (C=O) groups excluding carboxylic acids is 1. The third-order valence-corrected chi connectivity index (χ3v) is 7.37. The average Bonchev–Trinajstić information content (AvgIpc) is 2.88. The topological polar surface area (TPSA) is 82.0 Å². The van der Waals surface area contributed by atoms with E-state index in [1.54, 1.807) is 4.90 Å². The van der Waals surface area contributed by atoms with Gasteiger partial charge in [-0.25, -0.2) is 0 Å². The van der Waals surface area contributed by atoms with Crippen LogP contribution in [0.15, 0.2) is 42.5 Å². The van der Waals surface area contributed by atoms with Gasteiger partial charge in [0.1, 0.15) is 5.56 Å². The molecule has 214 valence electrons. The maximum atomic E-state index is 13.3. The Morgan fingerprint density at radius 2 is 1.64 bits per heavy atom. The summed E-state index contributed by atoms with van der Waals surface area (Å²) in [5.74, 6) is -0.0179. The van der Waals surface area contributed by atoms with Gasteiger partial charge < -0.3 is 15.1 Å². The quantitative estimate of drug-likeness (QED) is 0.330. The highest BCUT2D eigenvalue weighted by molar-refractivity contribution is 6.30. The second-order valence-corrected chi connectivity index (χ2v) is 10.1. The minimum Gasteiger partial charge on any atom is -0.371 e. The molecule has 0 aromatic heterocycles. The molecule has 39 heavy (non-hydrogen) atoms. The van der Waals surface area contributed by atoms with Crippen LogP contribution in [0.25, 0.3) is 0 Å². The van der Waals surface area contributed by atoms with Gasteiger partial charge in [0, 0.05) is 74.2 Å². The molecule has 8 nitrogen and oxygen atoms in total. The molecule has 0 bridgehead atoms. The number of nitro groups is 1. The number of carbonyl (C=O) groups is 1. The van der Waals surface area contributed by atoms with Crippen LogP contribution in [0.5, 0.6) is 0 Å². The van der Waals surface area contributed by atoms with E-state index in [1.165, 1.54) is 6.07 Å². The number of piperidine rings is 1. The number of nitrogens with one attached hydrogen (secondary N) is 1. The molecule has 0 unspecified atom stereocenters. The van der Waals surface area contributed by atoms with Crippen LogP contribution in [0.3, 0.4) is 0 Å². The van der Waals surface area contributed by atoms with Gasteiger partial charge in [-0.2, -0.15) is 13.2 Å². The second kappa shape index (κ2) is 13.3. The van der Waals surface area contributed by atoms with E-state index < -0.39 is 22.4 Å². The van der Waals surface area contributed by atoms with Gasteiger partial charge in [-0.3, -0.25) is 19.8 Å². The molecule has 2 heterocycles. The summed E-state index contributed by atoms with van der Waals surface area (Å²) in [6.07, 6.45) is -2.45. The fourth-order valence-electron chi connectivity index (χ4n) is 5.05. The van der Waals surface area contributed by atoms with E-state index in [1.807, 2.05) is 18.2 Å². The summed E-state index contributed by atoms with van der Waals surface area (Å²) in [6.45, 7) is 5.41. The summed E-state index contributed by atoms with van der Waals surface area (Å²) >= 11 is 6.10. The van der Waals surface area contributed by atoms with Gasteiger partial charge in [0.2, 0.25) is 5.91 Å². The van der Waals surface area contributed by atoms with Crippen molar-refractivity contribution in [2.45, 2.75) is 45.3 Å². The van der Waals surface area contributed by atoms with E-state index in [9.17, 15) is 28.1 Å². The number of anilines is 2. The van der Waals surface area contributed by atoms with Gasteiger partial charge in [-0.15, -0.1) is 0 Å². The Labute approximate surface area is 231 Å². The number of benzene rings is 2. The molecule has 2 saturated heterocycles. The number of hydrogen-bond acceptors (Lipinski definition) is 6. The molecule has 2 aliphatic rings. The van der Waals surface area contributed by atoms with Crippen LogP contribution in [0.1, 0.15) is 38.7 Å². The first-order valence-corrected chi connectivity index (χ1v) is 13.1. The van der Waals surface area contributed by atoms with Crippen LogP contribution in [-0.4, -0.2) is 67.6 Å². The molecule has 2 fully saturated rings. The molecule has 0 radical (unpaired) electrons. The first kappa shape index (κ1) is 30.5. The van der Waals surface area contributed by atoms with Crippen LogP contribution in [-0.2, 0) is 11.0 Å². The van der Waals surface area contributed by atoms with Gasteiger partial charge in [-0.05, 0) is 56.1 Å². The predicted octanol–water partition coefficient (Wildman–Crippen LogP) is 5.59. The van der Waals surface area contributed by atoms with Gasteiger partial charge >= 0.3 is 6.18 Å². The summed E-state index contributed by atoms with van der Waals surface area (Å²) < 4.78 is 39.9. The van der Waals surface area contributed by atoms with Crippen molar-refractivity contribution in [3.05, 3.63) is 63.2 Å². The smallest absolute Gasteiger partial charge is 0.371 e. The number of alkyl halides is 3. The van der Waals surface area contributed by atoms with E-state index in [4.69, 9.17) is 11.6 Å². The zero-order valence-electron chi connectivity index (χ0n) is 20.9. The fraction of sp³-hybridized carbons (Fsp3) is 0.519. The summed E-state index contributed by atoms with van der Waals surface area (Å²) in [5, 5.41) is 14.8. The highest BCUT2D eigenvalue weighted by Crippen LogP contribution is 2.38. The lowest BCUT2D eigenvalue weighted by atomic mass is 10.0. The Kier molecular flexibility index (Phi) is 10.4. The molecule has 2 aromatic rings. The second-order valence-electron chi connectivity index (χ2n) is 9.70. The number of hydrogen-bond donors (Lipinski definition) is 1. The molecule has 4 rings (SSSR count). The van der Waals surface area contributed by atoms with Crippen molar-refractivity contribution in [2.75, 3.05) is 55.6 Å². The standard InChI is InChI=1S/C26H31ClF3N5O3.CH4/c27-19-3-1-4-21(17-19)34-15-13-32(14-16-34)10-2-5-25(36)31-20-8-11-33(12-9-20)22-6-7-24(35(37)38)23(18-22)26(28,29)30;/h1,3-4,6-7,17-18,20H,2,5,8-16H2,(H,31,36);1H4. The third kappa shape index (κ3) is 8.22. The number of nitrogens with zero attached hydrogens (tertiary/aromatic N) is 4. The Morgan fingerprint density at radius 1 is 1.00 bits per heavy atom. The van der Waals surface area contributed by atoms with Gasteiger partial charge in [0.15, 0.2) is 0 Å². The molecule has 1 amide bonds. The van der Waals surface area contributed by atoms with E-state index in [0.717, 1.165) is 62.0 Å². The Morgan fingerprint density at radius 3 is 2.26 bits per heavy atom. The van der Waals surface area contributed by atoms with Gasteiger partial charge in [0.05, 0.1) is 4.92 Å². The molecule has 0 aliphatic carbocycles. The Bertz CT molecular complexity index is 1130. The first-order chi connectivity index (χ1) is 18.1. The third-order valence-electron chi connectivity index (χ3n) is 7.13. The molecular formula is C27H35ClF3N5O3. The number of rotatable bonds is 8. The van der Waals surface area contributed by atoms with Crippen LogP contribution in [0.4, 0.5) is 30.2 Å². The fourth-order valence-corrected chi connectivity index (χ4v) is 5.24. The molecule has 2 aliphatic heterocycles. The number of halogens is 4. The summed E-state index contributed by atoms with van der Waals surface area (Å²) in [6, 6.07) is 10.9. The lowest BCUT2D eigenvalue weighted by Crippen LogP contribution is -2.47. The van der Waals surface area contributed by atoms with Gasteiger partial charge in [0.25, 0.3) is 5.69 Å². The SMILES string of the molecule is C.O=C(CCCN1CCN(c2cccc(Cl)c2)CC1)NC1CCN(c2ccc([N+](=O)[O-])c(C(F)(F)F)c2)CC1.